The number of imidazole rings is 1. The first-order chi connectivity index (χ1) is 3.83. The molecule has 0 saturated carbocycles. The number of aromatic nitrogens is 2. The summed E-state index contributed by atoms with van der Waals surface area (Å²) >= 11 is 0. The molecule has 0 aliphatic carbocycles. The Morgan fingerprint density at radius 2 is 2.62 bits per heavy atom. The second-order valence-corrected chi connectivity index (χ2v) is 1.43. The van der Waals surface area contributed by atoms with Gasteiger partial charge in [0.05, 0.1) is 11.9 Å². The summed E-state index contributed by atoms with van der Waals surface area (Å²) in [6.45, 7) is 3.52. The molecule has 42 valence electrons. The number of rotatable bonds is 1. The van der Waals surface area contributed by atoms with Gasteiger partial charge in [0, 0.05) is 0 Å². The average Bonchev–Trinajstić information content (AvgIpc) is 2.14. The normalized spacial score (nSPS) is 9.00. The molecule has 0 bridgehead atoms. The molecule has 1 aromatic rings. The average molecular weight is 109 g/mol. The molecule has 0 aliphatic heterocycles. The summed E-state index contributed by atoms with van der Waals surface area (Å²) in [6, 6.07) is 0. The largest absolute Gasteiger partial charge is 0.369 e. The van der Waals surface area contributed by atoms with Crippen LogP contribution in [0.2, 0.25) is 0 Å². The smallest absolute Gasteiger partial charge is 0.197 e. The van der Waals surface area contributed by atoms with E-state index in [0.717, 1.165) is 5.69 Å². The number of hydrogen-bond donors (Lipinski definition) is 2. The zero-order chi connectivity index (χ0) is 5.98. The minimum atomic E-state index is 0.430. The van der Waals surface area contributed by atoms with Crippen molar-refractivity contribution in [2.75, 3.05) is 5.73 Å². The Kier molecular flexibility index (Phi) is 1.04. The summed E-state index contributed by atoms with van der Waals surface area (Å²) in [5.74, 6) is 0.430. The molecule has 3 nitrogen and oxygen atoms in total. The number of nitrogens with one attached hydrogen (secondary N) is 1. The van der Waals surface area contributed by atoms with Crippen molar-refractivity contribution in [3.8, 4) is 0 Å². The molecule has 0 atom stereocenters. The summed E-state index contributed by atoms with van der Waals surface area (Å²) in [7, 11) is 0. The van der Waals surface area contributed by atoms with Crippen LogP contribution < -0.4 is 5.73 Å². The van der Waals surface area contributed by atoms with Gasteiger partial charge in [-0.05, 0) is 6.08 Å². The van der Waals surface area contributed by atoms with Gasteiger partial charge >= 0.3 is 0 Å². The van der Waals surface area contributed by atoms with Gasteiger partial charge in [0.2, 0.25) is 0 Å². The van der Waals surface area contributed by atoms with Crippen molar-refractivity contribution >= 4 is 12.0 Å². The first-order valence-corrected chi connectivity index (χ1v) is 2.26. The molecule has 0 amide bonds. The van der Waals surface area contributed by atoms with Gasteiger partial charge in [0.1, 0.15) is 0 Å². The van der Waals surface area contributed by atoms with E-state index in [-0.39, 0.29) is 0 Å². The Balaban J connectivity index is 3.00. The standard InChI is InChI=1S/C5H7N3/c1-2-4-3-7-5(6)8-4/h2-3H,1H2,(H3,6,7,8). The Bertz CT molecular complexity index is 189. The second-order valence-electron chi connectivity index (χ2n) is 1.43. The Hall–Kier alpha value is -1.25. The molecule has 3 N–H and O–H groups in total. The molecular formula is C5H7N3. The molecule has 0 unspecified atom stereocenters. The molecule has 0 aromatic carbocycles. The molecule has 0 fully saturated rings. The van der Waals surface area contributed by atoms with Crippen molar-refractivity contribution in [2.45, 2.75) is 0 Å². The predicted octanol–water partition coefficient (Wildman–Crippen LogP) is 0.635. The van der Waals surface area contributed by atoms with Crippen molar-refractivity contribution < 1.29 is 0 Å². The van der Waals surface area contributed by atoms with Gasteiger partial charge < -0.3 is 10.7 Å². The van der Waals surface area contributed by atoms with Gasteiger partial charge in [-0.25, -0.2) is 4.98 Å². The third kappa shape index (κ3) is 0.703. The van der Waals surface area contributed by atoms with Crippen molar-refractivity contribution in [1.29, 1.82) is 0 Å². The highest BCUT2D eigenvalue weighted by atomic mass is 15.0. The number of H-pyrrole nitrogens is 1. The maximum absolute atomic E-state index is 5.24. The number of anilines is 1. The van der Waals surface area contributed by atoms with Crippen LogP contribution in [0.4, 0.5) is 5.95 Å². The summed E-state index contributed by atoms with van der Waals surface area (Å²) < 4.78 is 0. The first-order valence-electron chi connectivity index (χ1n) is 2.26. The molecule has 0 spiro atoms. The summed E-state index contributed by atoms with van der Waals surface area (Å²) in [5.41, 5.74) is 6.09. The SMILES string of the molecule is C=Cc1cnc(N)[nH]1. The third-order valence-corrected chi connectivity index (χ3v) is 0.835. The summed E-state index contributed by atoms with van der Waals surface area (Å²) in [6.07, 6.45) is 3.28. The fraction of sp³-hybridized carbons (Fsp3) is 0. The van der Waals surface area contributed by atoms with E-state index < -0.39 is 0 Å². The van der Waals surface area contributed by atoms with E-state index in [1.54, 1.807) is 12.3 Å². The lowest BCUT2D eigenvalue weighted by molar-refractivity contribution is 1.32. The van der Waals surface area contributed by atoms with Crippen LogP contribution in [-0.4, -0.2) is 9.97 Å². The van der Waals surface area contributed by atoms with E-state index in [9.17, 15) is 0 Å². The highest BCUT2D eigenvalue weighted by Crippen LogP contribution is 1.96. The van der Waals surface area contributed by atoms with E-state index >= 15 is 0 Å². The highest BCUT2D eigenvalue weighted by molar-refractivity contribution is 5.42. The van der Waals surface area contributed by atoms with E-state index in [1.807, 2.05) is 0 Å². The number of hydrogen-bond acceptors (Lipinski definition) is 2. The van der Waals surface area contributed by atoms with Crippen LogP contribution in [0.5, 0.6) is 0 Å². The Morgan fingerprint density at radius 1 is 1.88 bits per heavy atom. The molecule has 0 saturated heterocycles. The first kappa shape index (κ1) is 4.90. The zero-order valence-corrected chi connectivity index (χ0v) is 4.39. The minimum Gasteiger partial charge on any atom is -0.369 e. The molecule has 1 heterocycles. The number of nitrogen functional groups attached to an aromatic ring is 1. The number of aromatic amines is 1. The second kappa shape index (κ2) is 1.69. The van der Waals surface area contributed by atoms with E-state index in [0.29, 0.717) is 5.95 Å². The highest BCUT2D eigenvalue weighted by Gasteiger charge is 1.87. The van der Waals surface area contributed by atoms with E-state index in [4.69, 9.17) is 5.73 Å². The Morgan fingerprint density at radius 3 is 2.88 bits per heavy atom. The van der Waals surface area contributed by atoms with Crippen LogP contribution in [0, 0.1) is 0 Å². The van der Waals surface area contributed by atoms with Crippen LogP contribution in [0.1, 0.15) is 5.69 Å². The predicted molar refractivity (Wildman–Crippen MR) is 33.1 cm³/mol. The lowest BCUT2D eigenvalue weighted by Crippen LogP contribution is -1.84. The van der Waals surface area contributed by atoms with Gasteiger partial charge in [-0.2, -0.15) is 0 Å². The summed E-state index contributed by atoms with van der Waals surface area (Å²) in [4.78, 5) is 6.51. The van der Waals surface area contributed by atoms with Crippen molar-refractivity contribution in [2.24, 2.45) is 0 Å². The molecule has 1 rings (SSSR count). The topological polar surface area (TPSA) is 54.7 Å². The van der Waals surface area contributed by atoms with Crippen LogP contribution in [-0.2, 0) is 0 Å². The van der Waals surface area contributed by atoms with Crippen molar-refractivity contribution in [1.82, 2.24) is 9.97 Å². The van der Waals surface area contributed by atoms with Gasteiger partial charge in [0.15, 0.2) is 5.95 Å². The van der Waals surface area contributed by atoms with Gasteiger partial charge in [-0.3, -0.25) is 0 Å². The van der Waals surface area contributed by atoms with E-state index in [2.05, 4.69) is 16.5 Å². The van der Waals surface area contributed by atoms with Crippen LogP contribution in [0.25, 0.3) is 6.08 Å². The molecule has 0 radical (unpaired) electrons. The Labute approximate surface area is 47.2 Å². The lowest BCUT2D eigenvalue weighted by atomic mass is 10.5. The molecule has 8 heavy (non-hydrogen) atoms. The molecular weight excluding hydrogens is 102 g/mol. The molecule has 3 heteroatoms. The fourth-order valence-corrected chi connectivity index (χ4v) is 0.455. The van der Waals surface area contributed by atoms with Crippen molar-refractivity contribution in [3.63, 3.8) is 0 Å². The van der Waals surface area contributed by atoms with Gasteiger partial charge in [-0.15, -0.1) is 0 Å². The van der Waals surface area contributed by atoms with Crippen LogP contribution in [0.15, 0.2) is 12.8 Å². The molecule has 1 aromatic heterocycles. The van der Waals surface area contributed by atoms with Gasteiger partial charge in [-0.1, -0.05) is 6.58 Å². The summed E-state index contributed by atoms with van der Waals surface area (Å²) in [5, 5.41) is 0. The minimum absolute atomic E-state index is 0.430. The van der Waals surface area contributed by atoms with E-state index in [1.165, 1.54) is 0 Å². The number of nitrogens with zero attached hydrogens (tertiary/aromatic N) is 1. The number of nitrogens with two attached hydrogens (primary N) is 1. The maximum Gasteiger partial charge on any atom is 0.197 e. The van der Waals surface area contributed by atoms with Crippen molar-refractivity contribution in [3.05, 3.63) is 18.5 Å². The maximum atomic E-state index is 5.24. The van der Waals surface area contributed by atoms with Crippen LogP contribution in [0.3, 0.4) is 0 Å². The van der Waals surface area contributed by atoms with Crippen LogP contribution >= 0.6 is 0 Å². The quantitative estimate of drug-likeness (QED) is 0.555. The third-order valence-electron chi connectivity index (χ3n) is 0.835. The lowest BCUT2D eigenvalue weighted by Gasteiger charge is -1.77. The monoisotopic (exact) mass is 109 g/mol. The van der Waals surface area contributed by atoms with Gasteiger partial charge in [0.25, 0.3) is 0 Å². The zero-order valence-electron chi connectivity index (χ0n) is 4.39. The molecule has 0 aliphatic rings. The fourth-order valence-electron chi connectivity index (χ4n) is 0.455.